The predicted molar refractivity (Wildman–Crippen MR) is 205 cm³/mol. The fraction of sp³-hybridized carbons (Fsp3) is 0. The molecule has 0 amide bonds. The van der Waals surface area contributed by atoms with Crippen LogP contribution < -0.4 is 0 Å². The van der Waals surface area contributed by atoms with Crippen molar-refractivity contribution in [3.8, 4) is 66.8 Å². The molecule has 234 valence electrons. The van der Waals surface area contributed by atoms with E-state index in [1.54, 1.807) is 0 Å². The molecule has 4 heterocycles. The Morgan fingerprint density at radius 3 is 0.840 bits per heavy atom. The molecule has 50 heavy (non-hydrogen) atoms. The van der Waals surface area contributed by atoms with Gasteiger partial charge in [-0.1, -0.05) is 97.1 Å². The van der Waals surface area contributed by atoms with E-state index in [0.717, 1.165) is 44.5 Å². The third-order valence-corrected chi connectivity index (χ3v) is 9.45. The number of hydrogen-bond donors (Lipinski definition) is 0. The third-order valence-electron chi connectivity index (χ3n) is 9.45. The second kappa shape index (κ2) is 12.7. The first-order chi connectivity index (χ1) is 24.8. The van der Waals surface area contributed by atoms with E-state index in [2.05, 4.69) is 129 Å². The van der Waals surface area contributed by atoms with Gasteiger partial charge in [0.05, 0.1) is 0 Å². The maximum atomic E-state index is 4.55. The van der Waals surface area contributed by atoms with Gasteiger partial charge in [0.2, 0.25) is 0 Å². The van der Waals surface area contributed by atoms with Crippen molar-refractivity contribution in [1.29, 1.82) is 0 Å². The summed E-state index contributed by atoms with van der Waals surface area (Å²) in [5.41, 5.74) is 13.6. The second-order valence-electron chi connectivity index (χ2n) is 12.4. The van der Waals surface area contributed by atoms with Gasteiger partial charge in [0, 0.05) is 71.8 Å². The van der Waals surface area contributed by atoms with Crippen molar-refractivity contribution in [1.82, 2.24) is 19.9 Å². The van der Waals surface area contributed by atoms with Crippen LogP contribution in [0.3, 0.4) is 0 Å². The summed E-state index contributed by atoms with van der Waals surface area (Å²) in [6.45, 7) is 0. The molecule has 5 aromatic carbocycles. The van der Waals surface area contributed by atoms with E-state index in [1.807, 2.05) is 73.8 Å². The number of nitrogens with zero attached hydrogens (tertiary/aromatic N) is 4. The molecule has 9 rings (SSSR count). The summed E-state index contributed by atoms with van der Waals surface area (Å²) in [6.07, 6.45) is 14.9. The van der Waals surface area contributed by atoms with Crippen LogP contribution in [0.5, 0.6) is 0 Å². The van der Waals surface area contributed by atoms with Crippen LogP contribution in [-0.2, 0) is 0 Å². The fourth-order valence-electron chi connectivity index (χ4n) is 7.01. The van der Waals surface area contributed by atoms with Crippen LogP contribution in [-0.4, -0.2) is 19.9 Å². The standard InChI is InChI=1S/C46H30N4/c1-2-6-42-41(5-1)45(35-13-9-31(10-14-35)37-25-39(29-49-27-37)33-17-21-47-22-18-33)43-7-3-4-8-44(43)46(42)36-15-11-32(12-16-36)38-26-40(30-50-28-38)34-19-23-48-24-20-34/h1-30H. The number of benzene rings is 5. The van der Waals surface area contributed by atoms with Crippen LogP contribution in [0.1, 0.15) is 0 Å². The molecule has 0 atom stereocenters. The van der Waals surface area contributed by atoms with Gasteiger partial charge >= 0.3 is 0 Å². The summed E-state index contributed by atoms with van der Waals surface area (Å²) in [5.74, 6) is 0. The zero-order valence-electron chi connectivity index (χ0n) is 27.1. The number of aromatic nitrogens is 4. The lowest BCUT2D eigenvalue weighted by atomic mass is 9.85. The van der Waals surface area contributed by atoms with E-state index in [1.165, 1.54) is 43.8 Å². The second-order valence-corrected chi connectivity index (χ2v) is 12.4. The first-order valence-electron chi connectivity index (χ1n) is 16.7. The molecule has 4 aromatic heterocycles. The molecule has 4 heteroatoms. The van der Waals surface area contributed by atoms with Crippen LogP contribution in [0, 0.1) is 0 Å². The first-order valence-corrected chi connectivity index (χ1v) is 16.7. The monoisotopic (exact) mass is 638 g/mol. The highest BCUT2D eigenvalue weighted by atomic mass is 14.6. The van der Waals surface area contributed by atoms with Crippen molar-refractivity contribution in [2.24, 2.45) is 0 Å². The first kappa shape index (κ1) is 29.4. The summed E-state index contributed by atoms with van der Waals surface area (Å²) >= 11 is 0. The Morgan fingerprint density at radius 2 is 0.520 bits per heavy atom. The fourth-order valence-corrected chi connectivity index (χ4v) is 7.01. The number of fused-ring (bicyclic) bond motifs is 2. The molecule has 0 bridgehead atoms. The number of pyridine rings is 4. The quantitative estimate of drug-likeness (QED) is 0.170. The van der Waals surface area contributed by atoms with Gasteiger partial charge in [-0.25, -0.2) is 0 Å². The summed E-state index contributed by atoms with van der Waals surface area (Å²) in [5, 5.41) is 4.92. The lowest BCUT2D eigenvalue weighted by molar-refractivity contribution is 1.30. The smallest absolute Gasteiger partial charge is 0.0346 e. The minimum Gasteiger partial charge on any atom is -0.265 e. The maximum Gasteiger partial charge on any atom is 0.0346 e. The van der Waals surface area contributed by atoms with Crippen LogP contribution in [0.15, 0.2) is 183 Å². The van der Waals surface area contributed by atoms with Gasteiger partial charge in [0.25, 0.3) is 0 Å². The normalized spacial score (nSPS) is 11.2. The predicted octanol–water partition coefficient (Wildman–Crippen LogP) is 11.6. The molecule has 0 fully saturated rings. The molecule has 9 aromatic rings. The van der Waals surface area contributed by atoms with Crippen LogP contribution >= 0.6 is 0 Å². The highest BCUT2D eigenvalue weighted by molar-refractivity contribution is 6.21. The highest BCUT2D eigenvalue weighted by Gasteiger charge is 2.17. The average molecular weight is 639 g/mol. The van der Waals surface area contributed by atoms with Gasteiger partial charge in [-0.3, -0.25) is 19.9 Å². The Kier molecular flexibility index (Phi) is 7.45. The molecule has 0 unspecified atom stereocenters. The Balaban J connectivity index is 1.12. The molecule has 0 radical (unpaired) electrons. The Morgan fingerprint density at radius 1 is 0.240 bits per heavy atom. The average Bonchev–Trinajstić information content (AvgIpc) is 3.21. The molecule has 0 saturated heterocycles. The van der Waals surface area contributed by atoms with Gasteiger partial charge in [-0.15, -0.1) is 0 Å². The zero-order chi connectivity index (χ0) is 33.3. The van der Waals surface area contributed by atoms with Crippen molar-refractivity contribution in [3.05, 3.63) is 183 Å². The van der Waals surface area contributed by atoms with Gasteiger partial charge in [0.1, 0.15) is 0 Å². The molecular formula is C46H30N4. The summed E-state index contributed by atoms with van der Waals surface area (Å²) in [6, 6.07) is 47.8. The topological polar surface area (TPSA) is 51.6 Å². The van der Waals surface area contributed by atoms with Crippen molar-refractivity contribution >= 4 is 21.5 Å². The van der Waals surface area contributed by atoms with Gasteiger partial charge in [-0.05, 0) is 102 Å². The van der Waals surface area contributed by atoms with Crippen molar-refractivity contribution in [3.63, 3.8) is 0 Å². The van der Waals surface area contributed by atoms with E-state index in [4.69, 9.17) is 0 Å². The Bertz CT molecular complexity index is 2370. The van der Waals surface area contributed by atoms with Crippen LogP contribution in [0.4, 0.5) is 0 Å². The van der Waals surface area contributed by atoms with Crippen molar-refractivity contribution < 1.29 is 0 Å². The van der Waals surface area contributed by atoms with Crippen LogP contribution in [0.25, 0.3) is 88.3 Å². The summed E-state index contributed by atoms with van der Waals surface area (Å²) in [4.78, 5) is 17.4. The van der Waals surface area contributed by atoms with Gasteiger partial charge in [-0.2, -0.15) is 0 Å². The van der Waals surface area contributed by atoms with E-state index in [0.29, 0.717) is 0 Å². The molecular weight excluding hydrogens is 609 g/mol. The maximum absolute atomic E-state index is 4.55. The van der Waals surface area contributed by atoms with E-state index in [9.17, 15) is 0 Å². The lowest BCUT2D eigenvalue weighted by Crippen LogP contribution is -1.91. The molecule has 0 aliphatic heterocycles. The summed E-state index contributed by atoms with van der Waals surface area (Å²) in [7, 11) is 0. The minimum absolute atomic E-state index is 1.07. The molecule has 0 spiro atoms. The minimum atomic E-state index is 1.07. The van der Waals surface area contributed by atoms with Crippen LogP contribution in [0.2, 0.25) is 0 Å². The van der Waals surface area contributed by atoms with E-state index < -0.39 is 0 Å². The molecule has 0 aliphatic rings. The molecule has 0 N–H and O–H groups in total. The zero-order valence-corrected chi connectivity index (χ0v) is 27.1. The largest absolute Gasteiger partial charge is 0.265 e. The third kappa shape index (κ3) is 5.39. The van der Waals surface area contributed by atoms with Gasteiger partial charge < -0.3 is 0 Å². The molecule has 0 aliphatic carbocycles. The number of rotatable bonds is 6. The SMILES string of the molecule is c1ccc2c(-c3ccc(-c4cncc(-c5ccncc5)c4)cc3)c3ccccc3c(-c3ccc(-c4cncc(-c5ccncc5)c4)cc3)c2c1. The van der Waals surface area contributed by atoms with Crippen molar-refractivity contribution in [2.45, 2.75) is 0 Å². The Hall–Kier alpha value is -6.78. The number of hydrogen-bond acceptors (Lipinski definition) is 4. The van der Waals surface area contributed by atoms with E-state index in [-0.39, 0.29) is 0 Å². The summed E-state index contributed by atoms with van der Waals surface area (Å²) < 4.78 is 0. The molecule has 0 saturated carbocycles. The van der Waals surface area contributed by atoms with Crippen molar-refractivity contribution in [2.75, 3.05) is 0 Å². The lowest BCUT2D eigenvalue weighted by Gasteiger charge is -2.18. The van der Waals surface area contributed by atoms with E-state index >= 15 is 0 Å². The highest BCUT2D eigenvalue weighted by Crippen LogP contribution is 2.44. The Labute approximate surface area is 290 Å². The van der Waals surface area contributed by atoms with Gasteiger partial charge in [0.15, 0.2) is 0 Å². The molecule has 4 nitrogen and oxygen atoms in total.